The van der Waals surface area contributed by atoms with Gasteiger partial charge in [0.25, 0.3) is 0 Å². The first-order chi connectivity index (χ1) is 13.1. The maximum absolute atomic E-state index is 14.7. The van der Waals surface area contributed by atoms with Crippen molar-refractivity contribution in [2.75, 3.05) is 6.61 Å². The van der Waals surface area contributed by atoms with Crippen molar-refractivity contribution in [1.29, 1.82) is 0 Å². The van der Waals surface area contributed by atoms with Gasteiger partial charge < -0.3 is 14.6 Å². The maximum Gasteiger partial charge on any atom is 0.381 e. The number of allylic oxidation sites excluding steroid dienone is 2. The molecule has 0 unspecified atom stereocenters. The molecule has 0 bridgehead atoms. The lowest BCUT2D eigenvalue weighted by Crippen LogP contribution is -2.45. The molecule has 0 aromatic heterocycles. The number of phenols is 1. The van der Waals surface area contributed by atoms with Crippen LogP contribution in [0.3, 0.4) is 0 Å². The number of benzene rings is 1. The molecule has 1 heterocycles. The van der Waals surface area contributed by atoms with Gasteiger partial charge in [0.1, 0.15) is 17.1 Å². The number of ether oxygens (including phenoxy) is 2. The highest BCUT2D eigenvalue weighted by Gasteiger charge is 2.48. The molecule has 0 radical (unpaired) electrons. The van der Waals surface area contributed by atoms with Crippen molar-refractivity contribution in [1.82, 2.24) is 0 Å². The number of halogens is 2. The van der Waals surface area contributed by atoms with Crippen molar-refractivity contribution in [3.05, 3.63) is 34.9 Å². The van der Waals surface area contributed by atoms with Crippen LogP contribution in [0.1, 0.15) is 70.4 Å². The zero-order valence-corrected chi connectivity index (χ0v) is 16.9. The molecule has 1 aliphatic heterocycles. The molecule has 1 N–H and O–H groups in total. The lowest BCUT2D eigenvalue weighted by atomic mass is 9.67. The molecule has 1 aliphatic carbocycles. The van der Waals surface area contributed by atoms with Gasteiger partial charge in [-0.15, -0.1) is 0 Å². The third-order valence-corrected chi connectivity index (χ3v) is 5.85. The first kappa shape index (κ1) is 20.6. The van der Waals surface area contributed by atoms with Crippen LogP contribution >= 0.6 is 0 Å². The molecular weight excluding hydrogens is 366 g/mol. The summed E-state index contributed by atoms with van der Waals surface area (Å²) < 4.78 is 40.1. The molecule has 28 heavy (non-hydrogen) atoms. The average Bonchev–Trinajstić information content (AvgIpc) is 2.60. The van der Waals surface area contributed by atoms with E-state index in [9.17, 15) is 18.7 Å². The van der Waals surface area contributed by atoms with Gasteiger partial charge in [-0.05, 0) is 52.2 Å². The molecular formula is C22H28F2O4. The SMILES string of the molecule is CCCCOC(=O)C(F)(F)c1cc(O)c2c(c1)OC(C)(C)[C@@H]1CC=C(C)C[C@@H]21. The van der Waals surface area contributed by atoms with Crippen LogP contribution < -0.4 is 4.74 Å². The fraction of sp³-hybridized carbons (Fsp3) is 0.591. The summed E-state index contributed by atoms with van der Waals surface area (Å²) in [5.74, 6) is -5.37. The normalized spacial score (nSPS) is 23.1. The van der Waals surface area contributed by atoms with E-state index in [4.69, 9.17) is 9.47 Å². The molecule has 0 amide bonds. The Bertz CT molecular complexity index is 798. The number of alkyl halides is 2. The second-order valence-corrected chi connectivity index (χ2v) is 8.38. The number of phenolic OH excluding ortho intramolecular Hbond substituents is 1. The second-order valence-electron chi connectivity index (χ2n) is 8.38. The summed E-state index contributed by atoms with van der Waals surface area (Å²) in [5, 5.41) is 10.6. The Kier molecular flexibility index (Phi) is 5.43. The highest BCUT2D eigenvalue weighted by Crippen LogP contribution is 2.55. The molecule has 1 aromatic rings. The standard InChI is InChI=1S/C22H28F2O4/c1-5-6-9-27-20(26)22(23,24)14-11-17(25)19-15-10-13(2)7-8-16(15)21(3,4)28-18(19)12-14/h7,11-12,15-16,25H,5-6,8-10H2,1-4H3/t15-,16-/m1/s1. The van der Waals surface area contributed by atoms with Gasteiger partial charge in [-0.3, -0.25) is 0 Å². The van der Waals surface area contributed by atoms with Crippen LogP contribution in [-0.2, 0) is 15.5 Å². The molecule has 154 valence electrons. The molecule has 0 fully saturated rings. The van der Waals surface area contributed by atoms with Crippen molar-refractivity contribution >= 4 is 5.97 Å². The lowest BCUT2D eigenvalue weighted by molar-refractivity contribution is -0.173. The highest BCUT2D eigenvalue weighted by atomic mass is 19.3. The highest BCUT2D eigenvalue weighted by molar-refractivity contribution is 5.80. The maximum atomic E-state index is 14.7. The molecule has 0 saturated carbocycles. The summed E-state index contributed by atoms with van der Waals surface area (Å²) in [6.45, 7) is 7.72. The molecule has 2 aliphatic rings. The number of rotatable bonds is 5. The molecule has 4 nitrogen and oxygen atoms in total. The van der Waals surface area contributed by atoms with E-state index < -0.39 is 23.1 Å². The van der Waals surface area contributed by atoms with Gasteiger partial charge in [0, 0.05) is 23.0 Å². The van der Waals surface area contributed by atoms with E-state index in [-0.39, 0.29) is 29.9 Å². The van der Waals surface area contributed by atoms with Gasteiger partial charge >= 0.3 is 11.9 Å². The minimum Gasteiger partial charge on any atom is -0.508 e. The monoisotopic (exact) mass is 394 g/mol. The van der Waals surface area contributed by atoms with Crippen LogP contribution in [-0.4, -0.2) is 23.3 Å². The Morgan fingerprint density at radius 3 is 2.79 bits per heavy atom. The fourth-order valence-electron chi connectivity index (χ4n) is 4.26. The Labute approximate surface area is 164 Å². The number of carbonyl (C=O) groups excluding carboxylic acids is 1. The largest absolute Gasteiger partial charge is 0.508 e. The van der Waals surface area contributed by atoms with Gasteiger partial charge in [-0.25, -0.2) is 4.79 Å². The van der Waals surface area contributed by atoms with Crippen LogP contribution in [0.15, 0.2) is 23.8 Å². The summed E-state index contributed by atoms with van der Waals surface area (Å²) in [6, 6.07) is 2.16. The van der Waals surface area contributed by atoms with E-state index in [0.29, 0.717) is 12.0 Å². The van der Waals surface area contributed by atoms with Crippen LogP contribution in [0.5, 0.6) is 11.5 Å². The Balaban J connectivity index is 1.98. The molecule has 1 aromatic carbocycles. The Morgan fingerprint density at radius 1 is 1.39 bits per heavy atom. The van der Waals surface area contributed by atoms with E-state index in [1.54, 1.807) is 0 Å². The second kappa shape index (κ2) is 7.37. The molecule has 2 atom stereocenters. The number of hydrogen-bond acceptors (Lipinski definition) is 4. The van der Waals surface area contributed by atoms with E-state index >= 15 is 0 Å². The summed E-state index contributed by atoms with van der Waals surface area (Å²) in [5.41, 5.74) is 0.577. The smallest absolute Gasteiger partial charge is 0.381 e. The predicted molar refractivity (Wildman–Crippen MR) is 102 cm³/mol. The van der Waals surface area contributed by atoms with Crippen molar-refractivity contribution < 1.29 is 28.2 Å². The fourth-order valence-corrected chi connectivity index (χ4v) is 4.26. The van der Waals surface area contributed by atoms with Gasteiger partial charge in [-0.1, -0.05) is 25.0 Å². The first-order valence-corrected chi connectivity index (χ1v) is 9.85. The third-order valence-electron chi connectivity index (χ3n) is 5.85. The van der Waals surface area contributed by atoms with Crippen molar-refractivity contribution in [3.63, 3.8) is 0 Å². The Morgan fingerprint density at radius 2 is 2.11 bits per heavy atom. The lowest BCUT2D eigenvalue weighted by Gasteiger charge is -2.47. The predicted octanol–water partition coefficient (Wildman–Crippen LogP) is 5.44. The summed E-state index contributed by atoms with van der Waals surface area (Å²) in [4.78, 5) is 11.9. The number of aromatic hydroxyl groups is 1. The number of hydrogen-bond donors (Lipinski definition) is 1. The number of esters is 1. The first-order valence-electron chi connectivity index (χ1n) is 9.85. The third kappa shape index (κ3) is 3.61. The summed E-state index contributed by atoms with van der Waals surface area (Å²) in [6.07, 6.45) is 4.97. The minimum absolute atomic E-state index is 0.0112. The zero-order chi connectivity index (χ0) is 20.7. The number of unbranched alkanes of at least 4 members (excludes halogenated alkanes) is 1. The van der Waals surface area contributed by atoms with Gasteiger partial charge in [0.2, 0.25) is 0 Å². The van der Waals surface area contributed by atoms with Gasteiger partial charge in [0.15, 0.2) is 0 Å². The van der Waals surface area contributed by atoms with Gasteiger partial charge in [-0.2, -0.15) is 8.78 Å². The Hall–Kier alpha value is -2.11. The van der Waals surface area contributed by atoms with Crippen LogP contribution in [0, 0.1) is 5.92 Å². The van der Waals surface area contributed by atoms with E-state index in [1.807, 2.05) is 27.7 Å². The topological polar surface area (TPSA) is 55.8 Å². The van der Waals surface area contributed by atoms with Crippen LogP contribution in [0.25, 0.3) is 0 Å². The van der Waals surface area contributed by atoms with Crippen molar-refractivity contribution in [3.8, 4) is 11.5 Å². The molecule has 0 spiro atoms. The summed E-state index contributed by atoms with van der Waals surface area (Å²) >= 11 is 0. The van der Waals surface area contributed by atoms with Crippen molar-refractivity contribution in [2.45, 2.75) is 70.8 Å². The molecule has 6 heteroatoms. The van der Waals surface area contributed by atoms with E-state index in [0.717, 1.165) is 25.3 Å². The molecule has 0 saturated heterocycles. The van der Waals surface area contributed by atoms with E-state index in [1.165, 1.54) is 11.6 Å². The van der Waals surface area contributed by atoms with E-state index in [2.05, 4.69) is 6.08 Å². The summed E-state index contributed by atoms with van der Waals surface area (Å²) in [7, 11) is 0. The minimum atomic E-state index is -3.85. The number of fused-ring (bicyclic) bond motifs is 3. The zero-order valence-electron chi connectivity index (χ0n) is 16.9. The average molecular weight is 394 g/mol. The van der Waals surface area contributed by atoms with Crippen LogP contribution in [0.2, 0.25) is 0 Å². The quantitative estimate of drug-likeness (QED) is 0.411. The van der Waals surface area contributed by atoms with Crippen LogP contribution in [0.4, 0.5) is 8.78 Å². The number of carbonyl (C=O) groups is 1. The molecule has 3 rings (SSSR count). The van der Waals surface area contributed by atoms with Gasteiger partial charge in [0.05, 0.1) is 6.61 Å². The van der Waals surface area contributed by atoms with Crippen molar-refractivity contribution in [2.24, 2.45) is 5.92 Å².